The molecule has 0 aliphatic heterocycles. The lowest BCUT2D eigenvalue weighted by Gasteiger charge is -2.10. The van der Waals surface area contributed by atoms with Gasteiger partial charge in [0.05, 0.1) is 31.2 Å². The van der Waals surface area contributed by atoms with Crippen molar-refractivity contribution in [1.29, 1.82) is 0 Å². The molecular weight excluding hydrogens is 410 g/mol. The second kappa shape index (κ2) is 14.1. The fourth-order valence-corrected chi connectivity index (χ4v) is 2.95. The fraction of sp³-hybridized carbons (Fsp3) is 0.480. The van der Waals surface area contributed by atoms with E-state index in [4.69, 9.17) is 14.2 Å². The van der Waals surface area contributed by atoms with Crippen molar-refractivity contribution in [3.8, 4) is 0 Å². The molecule has 1 N–H and O–H groups in total. The molecule has 0 saturated carbocycles. The molecule has 0 saturated heterocycles. The van der Waals surface area contributed by atoms with Crippen LogP contribution in [0.5, 0.6) is 0 Å². The van der Waals surface area contributed by atoms with Crippen molar-refractivity contribution in [3.05, 3.63) is 48.0 Å². The molecule has 0 bridgehead atoms. The van der Waals surface area contributed by atoms with Gasteiger partial charge in [0.15, 0.2) is 0 Å². The van der Waals surface area contributed by atoms with E-state index in [2.05, 4.69) is 5.32 Å². The summed E-state index contributed by atoms with van der Waals surface area (Å²) in [5.74, 6) is -0.708. The minimum Gasteiger partial charge on any atom is -0.464 e. The van der Waals surface area contributed by atoms with Crippen molar-refractivity contribution in [2.75, 3.05) is 26.4 Å². The van der Waals surface area contributed by atoms with Crippen LogP contribution in [0, 0.1) is 5.92 Å². The molecule has 174 valence electrons. The Labute approximate surface area is 189 Å². The first-order valence-corrected chi connectivity index (χ1v) is 11.2. The van der Waals surface area contributed by atoms with Crippen molar-refractivity contribution in [2.45, 2.75) is 46.0 Å². The van der Waals surface area contributed by atoms with Gasteiger partial charge in [0.2, 0.25) is 0 Å². The number of hydrogen-bond acceptors (Lipinski definition) is 6. The predicted molar refractivity (Wildman–Crippen MR) is 122 cm³/mol. The van der Waals surface area contributed by atoms with Gasteiger partial charge in [0.1, 0.15) is 6.61 Å². The molecule has 2 aromatic rings. The van der Waals surface area contributed by atoms with Gasteiger partial charge in [0.25, 0.3) is 0 Å². The van der Waals surface area contributed by atoms with Gasteiger partial charge in [-0.1, -0.05) is 44.2 Å². The molecule has 0 radical (unpaired) electrons. The maximum atomic E-state index is 12.2. The average Bonchev–Trinajstić information content (AvgIpc) is 2.82. The minimum atomic E-state index is -0.520. The zero-order valence-electron chi connectivity index (χ0n) is 18.9. The van der Waals surface area contributed by atoms with Crippen LogP contribution in [0.4, 0.5) is 4.79 Å². The molecule has 1 unspecified atom stereocenters. The number of hydrogen-bond donors (Lipinski definition) is 1. The summed E-state index contributed by atoms with van der Waals surface area (Å²) >= 11 is 0. The highest BCUT2D eigenvalue weighted by Crippen LogP contribution is 2.16. The largest absolute Gasteiger partial charge is 0.464 e. The summed E-state index contributed by atoms with van der Waals surface area (Å²) < 4.78 is 15.5. The molecule has 1 atom stereocenters. The van der Waals surface area contributed by atoms with Crippen LogP contribution in [-0.2, 0) is 19.0 Å². The van der Waals surface area contributed by atoms with Gasteiger partial charge in [-0.3, -0.25) is 4.79 Å². The lowest BCUT2D eigenvalue weighted by atomic mass is 10.1. The Bertz CT molecular complexity index is 882. The highest BCUT2D eigenvalue weighted by Gasteiger charge is 2.11. The van der Waals surface area contributed by atoms with E-state index in [1.165, 1.54) is 0 Å². The Morgan fingerprint density at radius 3 is 2.25 bits per heavy atom. The summed E-state index contributed by atoms with van der Waals surface area (Å²) in [4.78, 5) is 35.3. The first-order chi connectivity index (χ1) is 15.5. The number of carbonyl (C=O) groups excluding carboxylic acids is 3. The summed E-state index contributed by atoms with van der Waals surface area (Å²) in [5.41, 5.74) is 0.553. The summed E-state index contributed by atoms with van der Waals surface area (Å²) in [6.45, 7) is 4.76. The Hall–Kier alpha value is -3.09. The quantitative estimate of drug-likeness (QED) is 0.270. The standard InChI is InChI=1S/C25H33NO6/c1-3-19(2)23(27)31-17-14-26-25(29)32-16-9-5-4-8-15-30-24(28)22-13-12-20-10-6-7-11-21(20)18-22/h6-7,10-13,18-19H,3-5,8-9,14-17H2,1-2H3,(H,26,29). The molecule has 2 aromatic carbocycles. The van der Waals surface area contributed by atoms with Crippen molar-refractivity contribution < 1.29 is 28.6 Å². The number of carbonyl (C=O) groups is 3. The van der Waals surface area contributed by atoms with E-state index in [1.54, 1.807) is 13.0 Å². The molecule has 1 amide bonds. The Balaban J connectivity index is 1.46. The zero-order chi connectivity index (χ0) is 23.2. The van der Waals surface area contributed by atoms with E-state index in [9.17, 15) is 14.4 Å². The SMILES string of the molecule is CCC(C)C(=O)OCCNC(=O)OCCCCCCOC(=O)c1ccc2ccccc2c1. The van der Waals surface area contributed by atoms with E-state index in [0.29, 0.717) is 18.8 Å². The topological polar surface area (TPSA) is 90.9 Å². The van der Waals surface area contributed by atoms with Crippen LogP contribution in [0.1, 0.15) is 56.3 Å². The number of benzene rings is 2. The van der Waals surface area contributed by atoms with E-state index in [-0.39, 0.29) is 31.0 Å². The Morgan fingerprint density at radius 1 is 0.844 bits per heavy atom. The van der Waals surface area contributed by atoms with Crippen LogP contribution in [0.15, 0.2) is 42.5 Å². The number of unbranched alkanes of at least 4 members (excludes halogenated alkanes) is 3. The number of ether oxygens (including phenoxy) is 3. The van der Waals surface area contributed by atoms with Crippen LogP contribution < -0.4 is 5.32 Å². The maximum absolute atomic E-state index is 12.2. The van der Waals surface area contributed by atoms with Crippen molar-refractivity contribution in [2.24, 2.45) is 5.92 Å². The first kappa shape index (κ1) is 25.2. The second-order valence-corrected chi connectivity index (χ2v) is 7.65. The van der Waals surface area contributed by atoms with Gasteiger partial charge in [-0.2, -0.15) is 0 Å². The third kappa shape index (κ3) is 8.96. The highest BCUT2D eigenvalue weighted by atomic mass is 16.6. The predicted octanol–water partition coefficient (Wildman–Crippen LogP) is 4.87. The van der Waals surface area contributed by atoms with Crippen LogP contribution in [-0.4, -0.2) is 44.4 Å². The molecular formula is C25H33NO6. The molecule has 0 aromatic heterocycles. The molecule has 0 aliphatic rings. The fourth-order valence-electron chi connectivity index (χ4n) is 2.95. The number of amides is 1. The lowest BCUT2D eigenvalue weighted by molar-refractivity contribution is -0.147. The Morgan fingerprint density at radius 2 is 1.53 bits per heavy atom. The van der Waals surface area contributed by atoms with Gasteiger partial charge < -0.3 is 19.5 Å². The Kier molecular flexibility index (Phi) is 11.1. The first-order valence-electron chi connectivity index (χ1n) is 11.2. The molecule has 0 aliphatic carbocycles. The smallest absolute Gasteiger partial charge is 0.407 e. The second-order valence-electron chi connectivity index (χ2n) is 7.65. The molecule has 2 rings (SSSR count). The number of alkyl carbamates (subject to hydrolysis) is 1. The third-order valence-electron chi connectivity index (χ3n) is 5.12. The van der Waals surface area contributed by atoms with Crippen molar-refractivity contribution in [3.63, 3.8) is 0 Å². The highest BCUT2D eigenvalue weighted by molar-refractivity contribution is 5.95. The van der Waals surface area contributed by atoms with Gasteiger partial charge in [-0.05, 0) is 55.0 Å². The zero-order valence-corrected chi connectivity index (χ0v) is 18.9. The number of nitrogens with one attached hydrogen (secondary N) is 1. The van der Waals surface area contributed by atoms with Gasteiger partial charge in [-0.25, -0.2) is 9.59 Å². The molecule has 0 fully saturated rings. The van der Waals surface area contributed by atoms with Crippen LogP contribution >= 0.6 is 0 Å². The third-order valence-corrected chi connectivity index (χ3v) is 5.12. The number of esters is 2. The average molecular weight is 444 g/mol. The number of fused-ring (bicyclic) bond motifs is 1. The summed E-state index contributed by atoms with van der Waals surface area (Å²) in [6.07, 6.45) is 3.44. The minimum absolute atomic E-state index is 0.135. The number of rotatable bonds is 13. The summed E-state index contributed by atoms with van der Waals surface area (Å²) in [6, 6.07) is 13.4. The van der Waals surface area contributed by atoms with Crippen LogP contribution in [0.25, 0.3) is 10.8 Å². The summed E-state index contributed by atoms with van der Waals surface area (Å²) in [5, 5.41) is 4.65. The van der Waals surface area contributed by atoms with E-state index in [0.717, 1.165) is 42.9 Å². The van der Waals surface area contributed by atoms with Gasteiger partial charge in [0, 0.05) is 0 Å². The molecule has 7 nitrogen and oxygen atoms in total. The van der Waals surface area contributed by atoms with Gasteiger partial charge in [-0.15, -0.1) is 0 Å². The van der Waals surface area contributed by atoms with E-state index < -0.39 is 6.09 Å². The lowest BCUT2D eigenvalue weighted by Crippen LogP contribution is -2.29. The van der Waals surface area contributed by atoms with Crippen LogP contribution in [0.3, 0.4) is 0 Å². The molecule has 32 heavy (non-hydrogen) atoms. The van der Waals surface area contributed by atoms with Gasteiger partial charge >= 0.3 is 18.0 Å². The van der Waals surface area contributed by atoms with E-state index >= 15 is 0 Å². The van der Waals surface area contributed by atoms with Crippen LogP contribution in [0.2, 0.25) is 0 Å². The maximum Gasteiger partial charge on any atom is 0.407 e. The molecule has 7 heteroatoms. The normalized spacial score (nSPS) is 11.6. The summed E-state index contributed by atoms with van der Waals surface area (Å²) in [7, 11) is 0. The molecule has 0 heterocycles. The monoisotopic (exact) mass is 443 g/mol. The molecule has 0 spiro atoms. The van der Waals surface area contributed by atoms with Crippen molar-refractivity contribution >= 4 is 28.8 Å². The van der Waals surface area contributed by atoms with Crippen molar-refractivity contribution in [1.82, 2.24) is 5.32 Å². The van der Waals surface area contributed by atoms with E-state index in [1.807, 2.05) is 43.3 Å².